The van der Waals surface area contributed by atoms with Crippen LogP contribution in [0.1, 0.15) is 36.9 Å². The van der Waals surface area contributed by atoms with Crippen molar-refractivity contribution in [3.8, 4) is 0 Å². The van der Waals surface area contributed by atoms with Crippen molar-refractivity contribution in [2.24, 2.45) is 11.7 Å². The number of nitrogens with zero attached hydrogens (tertiary/aromatic N) is 1. The summed E-state index contributed by atoms with van der Waals surface area (Å²) in [6, 6.07) is 9.00. The fourth-order valence-corrected chi connectivity index (χ4v) is 3.06. The number of benzene rings is 1. The molecule has 0 aromatic heterocycles. The Balaban J connectivity index is 2.13. The molecule has 1 aliphatic rings. The van der Waals surface area contributed by atoms with E-state index in [0.29, 0.717) is 19.2 Å². The molecule has 2 rings (SSSR count). The first-order valence-corrected chi connectivity index (χ1v) is 7.26. The van der Waals surface area contributed by atoms with Crippen molar-refractivity contribution >= 4 is 0 Å². The van der Waals surface area contributed by atoms with Gasteiger partial charge in [-0.05, 0) is 36.4 Å². The number of piperidine rings is 1. The number of methoxy groups -OCH3 is 1. The van der Waals surface area contributed by atoms with Gasteiger partial charge < -0.3 is 10.5 Å². The molecule has 1 aromatic carbocycles. The van der Waals surface area contributed by atoms with Crippen LogP contribution in [0.5, 0.6) is 0 Å². The first-order chi connectivity index (χ1) is 9.24. The first kappa shape index (κ1) is 14.5. The number of hydrogen-bond acceptors (Lipinski definition) is 3. The maximum absolute atomic E-state index is 6.03. The zero-order valence-corrected chi connectivity index (χ0v) is 12.1. The van der Waals surface area contributed by atoms with Crippen LogP contribution >= 0.6 is 0 Å². The second-order valence-electron chi connectivity index (χ2n) is 5.67. The standard InChI is InChI=1S/C16H26N2O/c1-13-5-4-8-18(11-13)16(10-17)15-7-3-6-14(9-15)12-19-2/h3,6-7,9,13,16H,4-5,8,10-12,17H2,1-2H3. The molecule has 2 unspecified atom stereocenters. The zero-order chi connectivity index (χ0) is 13.7. The van der Waals surface area contributed by atoms with Gasteiger partial charge in [0.15, 0.2) is 0 Å². The molecular weight excluding hydrogens is 236 g/mol. The minimum Gasteiger partial charge on any atom is -0.380 e. The molecule has 1 saturated heterocycles. The molecule has 1 fully saturated rings. The lowest BCUT2D eigenvalue weighted by Gasteiger charge is -2.37. The van der Waals surface area contributed by atoms with Gasteiger partial charge in [-0.15, -0.1) is 0 Å². The lowest BCUT2D eigenvalue weighted by atomic mass is 9.95. The third-order valence-electron chi connectivity index (χ3n) is 4.00. The predicted octanol–water partition coefficient (Wildman–Crippen LogP) is 2.56. The third kappa shape index (κ3) is 3.78. The smallest absolute Gasteiger partial charge is 0.0713 e. The van der Waals surface area contributed by atoms with Gasteiger partial charge in [-0.25, -0.2) is 0 Å². The fourth-order valence-electron chi connectivity index (χ4n) is 3.06. The van der Waals surface area contributed by atoms with Gasteiger partial charge in [0.25, 0.3) is 0 Å². The molecule has 19 heavy (non-hydrogen) atoms. The molecule has 3 nitrogen and oxygen atoms in total. The predicted molar refractivity (Wildman–Crippen MR) is 78.9 cm³/mol. The second-order valence-corrected chi connectivity index (χ2v) is 5.67. The number of ether oxygens (including phenoxy) is 1. The molecule has 1 aliphatic heterocycles. The molecule has 3 heteroatoms. The van der Waals surface area contributed by atoms with Crippen LogP contribution in [0.25, 0.3) is 0 Å². The van der Waals surface area contributed by atoms with Gasteiger partial charge >= 0.3 is 0 Å². The van der Waals surface area contributed by atoms with Crippen LogP contribution in [0.15, 0.2) is 24.3 Å². The van der Waals surface area contributed by atoms with Gasteiger partial charge in [-0.1, -0.05) is 31.2 Å². The Morgan fingerprint density at radius 2 is 2.32 bits per heavy atom. The molecule has 2 atom stereocenters. The highest BCUT2D eigenvalue weighted by Gasteiger charge is 2.24. The molecule has 2 N–H and O–H groups in total. The maximum atomic E-state index is 6.03. The van der Waals surface area contributed by atoms with E-state index in [9.17, 15) is 0 Å². The Bertz CT molecular complexity index is 394. The molecule has 0 radical (unpaired) electrons. The topological polar surface area (TPSA) is 38.5 Å². The third-order valence-corrected chi connectivity index (χ3v) is 4.00. The molecule has 0 spiro atoms. The van der Waals surface area contributed by atoms with Gasteiger partial charge in [0.1, 0.15) is 0 Å². The minimum atomic E-state index is 0.347. The van der Waals surface area contributed by atoms with E-state index < -0.39 is 0 Å². The van der Waals surface area contributed by atoms with Crippen molar-refractivity contribution in [1.82, 2.24) is 4.90 Å². The van der Waals surface area contributed by atoms with Crippen molar-refractivity contribution in [2.45, 2.75) is 32.4 Å². The lowest BCUT2D eigenvalue weighted by molar-refractivity contribution is 0.133. The number of rotatable bonds is 5. The Kier molecular flexibility index (Phi) is 5.37. The molecule has 0 amide bonds. The monoisotopic (exact) mass is 262 g/mol. The average molecular weight is 262 g/mol. The van der Waals surface area contributed by atoms with E-state index >= 15 is 0 Å². The van der Waals surface area contributed by atoms with Crippen molar-refractivity contribution in [3.63, 3.8) is 0 Å². The summed E-state index contributed by atoms with van der Waals surface area (Å²) >= 11 is 0. The summed E-state index contributed by atoms with van der Waals surface area (Å²) in [5.74, 6) is 0.782. The zero-order valence-electron chi connectivity index (χ0n) is 12.1. The SMILES string of the molecule is COCc1cccc(C(CN)N2CCCC(C)C2)c1. The molecule has 1 heterocycles. The van der Waals surface area contributed by atoms with E-state index in [-0.39, 0.29) is 0 Å². The van der Waals surface area contributed by atoms with Gasteiger partial charge in [0, 0.05) is 26.2 Å². The summed E-state index contributed by atoms with van der Waals surface area (Å²) in [7, 11) is 1.74. The van der Waals surface area contributed by atoms with E-state index in [0.717, 1.165) is 12.5 Å². The van der Waals surface area contributed by atoms with Crippen LogP contribution in [0.2, 0.25) is 0 Å². The van der Waals surface area contributed by atoms with Crippen molar-refractivity contribution in [3.05, 3.63) is 35.4 Å². The lowest BCUT2D eigenvalue weighted by Crippen LogP contribution is -2.40. The molecule has 0 bridgehead atoms. The molecule has 1 aromatic rings. The van der Waals surface area contributed by atoms with Gasteiger partial charge in [0.05, 0.1) is 6.61 Å². The van der Waals surface area contributed by atoms with Crippen LogP contribution in [-0.4, -0.2) is 31.6 Å². The Labute approximate surface area is 116 Å². The Morgan fingerprint density at radius 3 is 3.00 bits per heavy atom. The number of likely N-dealkylation sites (tertiary alicyclic amines) is 1. The van der Waals surface area contributed by atoms with Crippen molar-refractivity contribution < 1.29 is 4.74 Å². The summed E-state index contributed by atoms with van der Waals surface area (Å²) < 4.78 is 5.21. The van der Waals surface area contributed by atoms with E-state index in [1.807, 2.05) is 0 Å². The maximum Gasteiger partial charge on any atom is 0.0713 e. The fraction of sp³-hybridized carbons (Fsp3) is 0.625. The largest absolute Gasteiger partial charge is 0.380 e. The summed E-state index contributed by atoms with van der Waals surface area (Å²) in [5.41, 5.74) is 8.58. The second kappa shape index (κ2) is 7.04. The summed E-state index contributed by atoms with van der Waals surface area (Å²) in [6.07, 6.45) is 2.63. The number of nitrogens with two attached hydrogens (primary N) is 1. The van der Waals surface area contributed by atoms with Crippen LogP contribution in [0.3, 0.4) is 0 Å². The highest BCUT2D eigenvalue weighted by atomic mass is 16.5. The van der Waals surface area contributed by atoms with Crippen LogP contribution in [-0.2, 0) is 11.3 Å². The Morgan fingerprint density at radius 1 is 1.47 bits per heavy atom. The highest BCUT2D eigenvalue weighted by molar-refractivity contribution is 5.26. The van der Waals surface area contributed by atoms with E-state index in [2.05, 4.69) is 36.1 Å². The van der Waals surface area contributed by atoms with Gasteiger partial charge in [-0.2, -0.15) is 0 Å². The molecular formula is C16H26N2O. The van der Waals surface area contributed by atoms with Crippen molar-refractivity contribution in [2.75, 3.05) is 26.7 Å². The summed E-state index contributed by atoms with van der Waals surface area (Å²) in [6.45, 7) is 6.02. The molecule has 106 valence electrons. The van der Waals surface area contributed by atoms with E-state index in [4.69, 9.17) is 10.5 Å². The van der Waals surface area contributed by atoms with Crippen LogP contribution in [0.4, 0.5) is 0 Å². The molecule has 0 aliphatic carbocycles. The normalized spacial score (nSPS) is 22.4. The highest BCUT2D eigenvalue weighted by Crippen LogP contribution is 2.26. The summed E-state index contributed by atoms with van der Waals surface area (Å²) in [4.78, 5) is 2.54. The average Bonchev–Trinajstić information content (AvgIpc) is 2.41. The Hall–Kier alpha value is -0.900. The summed E-state index contributed by atoms with van der Waals surface area (Å²) in [5, 5.41) is 0. The minimum absolute atomic E-state index is 0.347. The number of hydrogen-bond donors (Lipinski definition) is 1. The van der Waals surface area contributed by atoms with Crippen LogP contribution < -0.4 is 5.73 Å². The van der Waals surface area contributed by atoms with Gasteiger partial charge in [0.2, 0.25) is 0 Å². The van der Waals surface area contributed by atoms with E-state index in [1.165, 1.54) is 30.5 Å². The van der Waals surface area contributed by atoms with Crippen molar-refractivity contribution in [1.29, 1.82) is 0 Å². The van der Waals surface area contributed by atoms with E-state index in [1.54, 1.807) is 7.11 Å². The first-order valence-electron chi connectivity index (χ1n) is 7.26. The van der Waals surface area contributed by atoms with Gasteiger partial charge in [-0.3, -0.25) is 4.90 Å². The van der Waals surface area contributed by atoms with Crippen LogP contribution in [0, 0.1) is 5.92 Å². The quantitative estimate of drug-likeness (QED) is 0.886. The molecule has 0 saturated carbocycles.